The molecule has 0 amide bonds. The van der Waals surface area contributed by atoms with Crippen LogP contribution in [0.5, 0.6) is 0 Å². The first kappa shape index (κ1) is 12.3. The minimum Gasteiger partial charge on any atom is -0.451 e. The number of sulfonamides is 1. The Bertz CT molecular complexity index is 902. The Labute approximate surface area is 114 Å². The molecule has 20 heavy (non-hydrogen) atoms. The molecule has 3 aromatic rings. The lowest BCUT2D eigenvalue weighted by Gasteiger charge is -2.06. The fraction of sp³-hybridized carbons (Fsp3) is 0. The lowest BCUT2D eigenvalue weighted by atomic mass is 10.2. The third-order valence-electron chi connectivity index (χ3n) is 2.78. The van der Waals surface area contributed by atoms with E-state index >= 15 is 0 Å². The number of para-hydroxylation sites is 1. The highest BCUT2D eigenvalue weighted by Gasteiger charge is 2.18. The molecule has 3 rings (SSSR count). The van der Waals surface area contributed by atoms with E-state index in [1.165, 1.54) is 18.4 Å². The summed E-state index contributed by atoms with van der Waals surface area (Å²) in [6.07, 6.45) is 1.29. The second-order valence-corrected chi connectivity index (χ2v) is 5.72. The van der Waals surface area contributed by atoms with E-state index < -0.39 is 10.0 Å². The number of H-pyrrole nitrogens is 1. The predicted molar refractivity (Wildman–Crippen MR) is 72.5 cm³/mol. The minimum atomic E-state index is -3.78. The van der Waals surface area contributed by atoms with Crippen molar-refractivity contribution in [3.63, 3.8) is 0 Å². The number of rotatable bonds is 3. The second-order valence-electron chi connectivity index (χ2n) is 4.10. The number of nitriles is 1. The standard InChI is InChI=1S/C13H9N3O3S/c14-8-10-7-9-3-1-4-11(13(9)15-10)16-20(17,18)12-5-2-6-19-12/h1-7,15-16H. The molecule has 0 aliphatic heterocycles. The van der Waals surface area contributed by atoms with Gasteiger partial charge in [0, 0.05) is 5.39 Å². The molecule has 0 spiro atoms. The van der Waals surface area contributed by atoms with Gasteiger partial charge in [-0.3, -0.25) is 4.72 Å². The van der Waals surface area contributed by atoms with E-state index in [-0.39, 0.29) is 5.09 Å². The molecule has 2 heterocycles. The first-order valence-electron chi connectivity index (χ1n) is 5.68. The molecule has 0 aliphatic carbocycles. The van der Waals surface area contributed by atoms with Crippen LogP contribution in [0.4, 0.5) is 5.69 Å². The van der Waals surface area contributed by atoms with E-state index in [1.807, 2.05) is 6.07 Å². The average Bonchev–Trinajstić information content (AvgIpc) is 3.08. The predicted octanol–water partition coefficient (Wildman–Crippen LogP) is 2.43. The summed E-state index contributed by atoms with van der Waals surface area (Å²) in [6.45, 7) is 0. The van der Waals surface area contributed by atoms with Crippen LogP contribution in [0.3, 0.4) is 0 Å². The summed E-state index contributed by atoms with van der Waals surface area (Å²) >= 11 is 0. The van der Waals surface area contributed by atoms with E-state index in [9.17, 15) is 8.42 Å². The fourth-order valence-electron chi connectivity index (χ4n) is 1.91. The van der Waals surface area contributed by atoms with E-state index in [1.54, 1.807) is 24.3 Å². The van der Waals surface area contributed by atoms with Gasteiger partial charge < -0.3 is 9.40 Å². The number of aromatic amines is 1. The van der Waals surface area contributed by atoms with Crippen molar-refractivity contribution in [2.45, 2.75) is 5.09 Å². The Balaban J connectivity index is 2.08. The first-order valence-corrected chi connectivity index (χ1v) is 7.16. The third kappa shape index (κ3) is 2.02. The van der Waals surface area contributed by atoms with Gasteiger partial charge in [-0.25, -0.2) is 0 Å². The van der Waals surface area contributed by atoms with Gasteiger partial charge in [-0.2, -0.15) is 13.7 Å². The van der Waals surface area contributed by atoms with Crippen LogP contribution < -0.4 is 4.72 Å². The maximum atomic E-state index is 12.1. The summed E-state index contributed by atoms with van der Waals surface area (Å²) in [5, 5.41) is 9.46. The summed E-state index contributed by atoms with van der Waals surface area (Å²) < 4.78 is 31.5. The van der Waals surface area contributed by atoms with Gasteiger partial charge in [-0.15, -0.1) is 0 Å². The molecule has 0 aliphatic rings. The van der Waals surface area contributed by atoms with Crippen molar-refractivity contribution in [3.8, 4) is 6.07 Å². The Hall–Kier alpha value is -2.72. The quantitative estimate of drug-likeness (QED) is 0.772. The zero-order chi connectivity index (χ0) is 14.2. The van der Waals surface area contributed by atoms with Gasteiger partial charge in [-0.1, -0.05) is 12.1 Å². The molecule has 0 radical (unpaired) electrons. The van der Waals surface area contributed by atoms with Crippen molar-refractivity contribution in [2.75, 3.05) is 4.72 Å². The molecule has 2 aromatic heterocycles. The average molecular weight is 287 g/mol. The highest BCUT2D eigenvalue weighted by atomic mass is 32.2. The molecule has 0 saturated carbocycles. The Morgan fingerprint density at radius 2 is 2.10 bits per heavy atom. The fourth-order valence-corrected chi connectivity index (χ4v) is 2.91. The highest BCUT2D eigenvalue weighted by Crippen LogP contribution is 2.25. The molecule has 2 N–H and O–H groups in total. The lowest BCUT2D eigenvalue weighted by Crippen LogP contribution is -2.12. The van der Waals surface area contributed by atoms with Gasteiger partial charge in [0.05, 0.1) is 17.5 Å². The maximum absolute atomic E-state index is 12.1. The molecule has 0 fully saturated rings. The molecule has 0 saturated heterocycles. The van der Waals surface area contributed by atoms with E-state index in [4.69, 9.17) is 9.68 Å². The normalized spacial score (nSPS) is 11.3. The van der Waals surface area contributed by atoms with Crippen LogP contribution in [0.2, 0.25) is 0 Å². The molecule has 0 bridgehead atoms. The molecule has 7 heteroatoms. The number of hydrogen-bond donors (Lipinski definition) is 2. The van der Waals surface area contributed by atoms with Crippen LogP contribution in [-0.2, 0) is 10.0 Å². The van der Waals surface area contributed by atoms with Crippen molar-refractivity contribution in [1.29, 1.82) is 5.26 Å². The number of nitrogens with zero attached hydrogens (tertiary/aromatic N) is 1. The van der Waals surface area contributed by atoms with Gasteiger partial charge in [0.25, 0.3) is 10.0 Å². The van der Waals surface area contributed by atoms with Crippen molar-refractivity contribution in [1.82, 2.24) is 4.98 Å². The molecule has 0 unspecified atom stereocenters. The van der Waals surface area contributed by atoms with Crippen molar-refractivity contribution >= 4 is 26.6 Å². The van der Waals surface area contributed by atoms with E-state index in [2.05, 4.69) is 9.71 Å². The Morgan fingerprint density at radius 3 is 2.80 bits per heavy atom. The van der Waals surface area contributed by atoms with Crippen LogP contribution in [-0.4, -0.2) is 13.4 Å². The summed E-state index contributed by atoms with van der Waals surface area (Å²) in [4.78, 5) is 2.86. The Kier molecular flexibility index (Phi) is 2.73. The van der Waals surface area contributed by atoms with Crippen LogP contribution in [0.25, 0.3) is 10.9 Å². The number of fused-ring (bicyclic) bond motifs is 1. The van der Waals surface area contributed by atoms with Crippen LogP contribution in [0.1, 0.15) is 5.69 Å². The summed E-state index contributed by atoms with van der Waals surface area (Å²) in [5.74, 6) is 0. The van der Waals surface area contributed by atoms with Crippen molar-refractivity contribution in [3.05, 3.63) is 48.4 Å². The minimum absolute atomic E-state index is 0.165. The van der Waals surface area contributed by atoms with E-state index in [0.717, 1.165) is 5.39 Å². The SMILES string of the molecule is N#Cc1cc2cccc(NS(=O)(=O)c3ccco3)c2[nH]1. The Morgan fingerprint density at radius 1 is 1.25 bits per heavy atom. The third-order valence-corrected chi connectivity index (χ3v) is 4.03. The van der Waals surface area contributed by atoms with E-state index in [0.29, 0.717) is 16.9 Å². The number of furan rings is 1. The summed E-state index contributed by atoms with van der Waals surface area (Å²) in [7, 11) is -3.78. The smallest absolute Gasteiger partial charge is 0.295 e. The first-order chi connectivity index (χ1) is 9.60. The molecule has 100 valence electrons. The number of aromatic nitrogens is 1. The molecular weight excluding hydrogens is 278 g/mol. The van der Waals surface area contributed by atoms with Gasteiger partial charge in [0.1, 0.15) is 11.8 Å². The molecule has 6 nitrogen and oxygen atoms in total. The molecule has 0 atom stereocenters. The largest absolute Gasteiger partial charge is 0.451 e. The second kappa shape index (κ2) is 4.43. The van der Waals surface area contributed by atoms with Gasteiger partial charge in [0.15, 0.2) is 0 Å². The number of nitrogens with one attached hydrogen (secondary N) is 2. The van der Waals surface area contributed by atoms with Gasteiger partial charge >= 0.3 is 0 Å². The van der Waals surface area contributed by atoms with Crippen LogP contribution in [0, 0.1) is 11.3 Å². The maximum Gasteiger partial charge on any atom is 0.295 e. The lowest BCUT2D eigenvalue weighted by molar-refractivity contribution is 0.452. The topological polar surface area (TPSA) is 98.9 Å². The number of benzene rings is 1. The molecular formula is C13H9N3O3S. The number of anilines is 1. The summed E-state index contributed by atoms with van der Waals surface area (Å²) in [5.41, 5.74) is 1.28. The molecule has 1 aromatic carbocycles. The zero-order valence-electron chi connectivity index (χ0n) is 10.1. The van der Waals surface area contributed by atoms with Gasteiger partial charge in [0.2, 0.25) is 5.09 Å². The summed E-state index contributed by atoms with van der Waals surface area (Å²) in [6, 6.07) is 11.6. The zero-order valence-corrected chi connectivity index (χ0v) is 10.9. The van der Waals surface area contributed by atoms with Crippen LogP contribution in [0.15, 0.2) is 52.2 Å². The van der Waals surface area contributed by atoms with Gasteiger partial charge in [-0.05, 0) is 24.3 Å². The van der Waals surface area contributed by atoms with Crippen molar-refractivity contribution < 1.29 is 12.8 Å². The monoisotopic (exact) mass is 287 g/mol. The highest BCUT2D eigenvalue weighted by molar-refractivity contribution is 7.92. The van der Waals surface area contributed by atoms with Crippen molar-refractivity contribution in [2.24, 2.45) is 0 Å². The van der Waals surface area contributed by atoms with Crippen LogP contribution >= 0.6 is 0 Å². The number of hydrogen-bond acceptors (Lipinski definition) is 4.